The number of piperidine rings is 1. The van der Waals surface area contributed by atoms with E-state index in [2.05, 4.69) is 51.9 Å². The Bertz CT molecular complexity index is 1450. The molecule has 0 saturated carbocycles. The van der Waals surface area contributed by atoms with Crippen molar-refractivity contribution in [1.82, 2.24) is 10.2 Å². The van der Waals surface area contributed by atoms with Crippen LogP contribution in [0, 0.1) is 0 Å². The summed E-state index contributed by atoms with van der Waals surface area (Å²) in [5.41, 5.74) is 5.02. The Morgan fingerprint density at radius 2 is 1.77 bits per heavy atom. The number of H-pyrrole nitrogens is 1. The highest BCUT2D eigenvalue weighted by Gasteiger charge is 2.34. The van der Waals surface area contributed by atoms with Crippen LogP contribution in [0.3, 0.4) is 0 Å². The Kier molecular flexibility index (Phi) is 5.31. The lowest BCUT2D eigenvalue weighted by Crippen LogP contribution is -2.52. The molecule has 0 spiro atoms. The van der Waals surface area contributed by atoms with Crippen LogP contribution in [-0.2, 0) is 13.1 Å². The predicted octanol–water partition coefficient (Wildman–Crippen LogP) is 4.41. The average molecular weight is 470 g/mol. The first-order valence-electron chi connectivity index (χ1n) is 12.2. The summed E-state index contributed by atoms with van der Waals surface area (Å²) in [6, 6.07) is 20.4. The number of hydrogen-bond acceptors (Lipinski definition) is 5. The Hall–Kier alpha value is -3.68. The number of fused-ring (bicyclic) bond motifs is 2. The van der Waals surface area contributed by atoms with Crippen molar-refractivity contribution in [1.29, 1.82) is 0 Å². The lowest BCUT2D eigenvalue weighted by molar-refractivity contribution is -0.958. The van der Waals surface area contributed by atoms with Gasteiger partial charge in [-0.2, -0.15) is 5.10 Å². The molecule has 1 aromatic heterocycles. The Labute approximate surface area is 203 Å². The monoisotopic (exact) mass is 469 g/mol. The van der Waals surface area contributed by atoms with E-state index in [-0.39, 0.29) is 11.7 Å². The second-order valence-electron chi connectivity index (χ2n) is 9.80. The van der Waals surface area contributed by atoms with E-state index in [0.717, 1.165) is 71.6 Å². The normalized spacial score (nSPS) is 20.8. The van der Waals surface area contributed by atoms with Crippen molar-refractivity contribution in [3.05, 3.63) is 82.1 Å². The number of hydrogen-bond donors (Lipinski definition) is 3. The summed E-state index contributed by atoms with van der Waals surface area (Å²) in [5.74, 6) is 1.41. The van der Waals surface area contributed by atoms with Crippen LogP contribution in [0.1, 0.15) is 24.0 Å². The van der Waals surface area contributed by atoms with E-state index in [1.165, 1.54) is 11.1 Å². The molecular formula is C28H29N4O3+. The number of nitrogens with one attached hydrogen (secondary N) is 2. The van der Waals surface area contributed by atoms with Gasteiger partial charge in [-0.3, -0.25) is 4.79 Å². The van der Waals surface area contributed by atoms with Crippen LogP contribution < -0.4 is 15.6 Å². The SMILES string of the molecule is CNc1ccc(C[N+]2(Cc3ccc4c(c3)-c3n[nH]c(=O)c5cccc(c35)O4)CCC(O)CC2)cc1. The van der Waals surface area contributed by atoms with E-state index >= 15 is 0 Å². The molecular weight excluding hydrogens is 440 g/mol. The quantitative estimate of drug-likeness (QED) is 0.332. The van der Waals surface area contributed by atoms with Gasteiger partial charge < -0.3 is 19.6 Å². The zero-order valence-corrected chi connectivity index (χ0v) is 19.8. The summed E-state index contributed by atoms with van der Waals surface area (Å²) in [6.45, 7) is 3.61. The highest BCUT2D eigenvalue weighted by Crippen LogP contribution is 2.44. The van der Waals surface area contributed by atoms with E-state index in [0.29, 0.717) is 11.1 Å². The molecule has 0 aliphatic carbocycles. The summed E-state index contributed by atoms with van der Waals surface area (Å²) in [5, 5.41) is 21.8. The maximum absolute atomic E-state index is 12.3. The minimum absolute atomic E-state index is 0.213. The van der Waals surface area contributed by atoms with Crippen LogP contribution in [0.15, 0.2) is 65.5 Å². The number of aromatic amines is 1. The van der Waals surface area contributed by atoms with Crippen LogP contribution in [-0.4, -0.2) is 46.0 Å². The molecule has 35 heavy (non-hydrogen) atoms. The van der Waals surface area contributed by atoms with Crippen LogP contribution in [0.25, 0.3) is 22.0 Å². The van der Waals surface area contributed by atoms with E-state index in [9.17, 15) is 9.90 Å². The smallest absolute Gasteiger partial charge is 0.272 e. The predicted molar refractivity (Wildman–Crippen MR) is 137 cm³/mol. The molecule has 7 heteroatoms. The van der Waals surface area contributed by atoms with Crippen molar-refractivity contribution in [2.75, 3.05) is 25.5 Å². The van der Waals surface area contributed by atoms with Gasteiger partial charge in [-0.15, -0.1) is 0 Å². The molecule has 178 valence electrons. The van der Waals surface area contributed by atoms with E-state index in [1.54, 1.807) is 6.07 Å². The molecule has 1 fully saturated rings. The number of benzene rings is 3. The number of anilines is 1. The van der Waals surface area contributed by atoms with Gasteiger partial charge in [0.15, 0.2) is 0 Å². The minimum atomic E-state index is -0.222. The minimum Gasteiger partial charge on any atom is -0.456 e. The number of aliphatic hydroxyl groups excluding tert-OH is 1. The standard InChI is InChI=1S/C28H28N4O3/c1-29-20-8-5-18(6-9-20)16-32(13-11-21(33)12-14-32)17-19-7-10-24-23(15-19)27-26-22(28(34)31-30-27)3-2-4-25(26)35-24/h2-10,15,21,29,33H,11-14,16-17H2,1H3/p+1. The fraction of sp³-hybridized carbons (Fsp3) is 0.286. The number of nitrogens with zero attached hydrogens (tertiary/aromatic N) is 2. The third-order valence-electron chi connectivity index (χ3n) is 7.45. The highest BCUT2D eigenvalue weighted by atomic mass is 16.5. The van der Waals surface area contributed by atoms with Gasteiger partial charge in [0.1, 0.15) is 30.3 Å². The molecule has 2 aliphatic heterocycles. The summed E-state index contributed by atoms with van der Waals surface area (Å²) in [7, 11) is 1.93. The van der Waals surface area contributed by atoms with Gasteiger partial charge in [0.05, 0.1) is 30.0 Å². The van der Waals surface area contributed by atoms with Gasteiger partial charge in [0.25, 0.3) is 5.56 Å². The highest BCUT2D eigenvalue weighted by molar-refractivity contribution is 6.01. The van der Waals surface area contributed by atoms with Gasteiger partial charge in [-0.1, -0.05) is 18.2 Å². The van der Waals surface area contributed by atoms with E-state index in [1.807, 2.05) is 25.2 Å². The van der Waals surface area contributed by atoms with E-state index < -0.39 is 0 Å². The first-order valence-corrected chi connectivity index (χ1v) is 12.2. The lowest BCUT2D eigenvalue weighted by Gasteiger charge is -2.43. The fourth-order valence-corrected chi connectivity index (χ4v) is 5.56. The maximum atomic E-state index is 12.3. The van der Waals surface area contributed by atoms with Crippen molar-refractivity contribution in [2.45, 2.75) is 32.0 Å². The molecule has 6 rings (SSSR count). The number of rotatable bonds is 5. The second kappa shape index (κ2) is 8.52. The van der Waals surface area contributed by atoms with Crippen molar-refractivity contribution in [3.8, 4) is 22.8 Å². The fourth-order valence-electron chi connectivity index (χ4n) is 5.56. The lowest BCUT2D eigenvalue weighted by atomic mass is 9.97. The van der Waals surface area contributed by atoms with E-state index in [4.69, 9.17) is 4.74 Å². The topological polar surface area (TPSA) is 87.2 Å². The summed E-state index contributed by atoms with van der Waals surface area (Å²) >= 11 is 0. The number of ether oxygens (including phenoxy) is 1. The summed E-state index contributed by atoms with van der Waals surface area (Å²) in [4.78, 5) is 12.3. The molecule has 0 bridgehead atoms. The molecule has 1 saturated heterocycles. The van der Waals surface area contributed by atoms with Crippen LogP contribution in [0.2, 0.25) is 0 Å². The largest absolute Gasteiger partial charge is 0.456 e. The van der Waals surface area contributed by atoms with Gasteiger partial charge in [0, 0.05) is 42.3 Å². The Morgan fingerprint density at radius 1 is 1.03 bits per heavy atom. The van der Waals surface area contributed by atoms with Crippen molar-refractivity contribution in [2.24, 2.45) is 0 Å². The number of likely N-dealkylation sites (tertiary alicyclic amines) is 1. The number of quaternary nitrogens is 1. The summed E-state index contributed by atoms with van der Waals surface area (Å²) < 4.78 is 7.06. The molecule has 3 aromatic carbocycles. The van der Waals surface area contributed by atoms with Gasteiger partial charge >= 0.3 is 0 Å². The molecule has 3 heterocycles. The molecule has 0 amide bonds. The number of aliphatic hydroxyl groups is 1. The first kappa shape index (κ1) is 21.8. The Balaban J connectivity index is 1.37. The van der Waals surface area contributed by atoms with Crippen LogP contribution in [0.4, 0.5) is 5.69 Å². The third-order valence-corrected chi connectivity index (χ3v) is 7.45. The first-order chi connectivity index (χ1) is 17.0. The van der Waals surface area contributed by atoms with Gasteiger partial charge in [-0.25, -0.2) is 5.10 Å². The molecule has 0 atom stereocenters. The third kappa shape index (κ3) is 3.96. The van der Waals surface area contributed by atoms with Gasteiger partial charge in [0.2, 0.25) is 0 Å². The van der Waals surface area contributed by atoms with Crippen molar-refractivity contribution in [3.63, 3.8) is 0 Å². The molecule has 3 N–H and O–H groups in total. The van der Waals surface area contributed by atoms with Gasteiger partial charge in [-0.05, 0) is 42.5 Å². The molecule has 0 radical (unpaired) electrons. The van der Waals surface area contributed by atoms with Crippen LogP contribution >= 0.6 is 0 Å². The second-order valence-corrected chi connectivity index (χ2v) is 9.80. The zero-order chi connectivity index (χ0) is 24.0. The molecule has 0 unspecified atom stereocenters. The maximum Gasteiger partial charge on any atom is 0.272 e. The average Bonchev–Trinajstić information content (AvgIpc) is 2.88. The zero-order valence-electron chi connectivity index (χ0n) is 19.8. The summed E-state index contributed by atoms with van der Waals surface area (Å²) in [6.07, 6.45) is 1.39. The molecule has 4 aromatic rings. The Morgan fingerprint density at radius 3 is 2.54 bits per heavy atom. The van der Waals surface area contributed by atoms with Crippen molar-refractivity contribution < 1.29 is 14.3 Å². The molecule has 2 aliphatic rings. The van der Waals surface area contributed by atoms with Crippen molar-refractivity contribution >= 4 is 16.5 Å². The number of aromatic nitrogens is 2. The molecule has 7 nitrogen and oxygen atoms in total. The van der Waals surface area contributed by atoms with Crippen LogP contribution in [0.5, 0.6) is 11.5 Å².